The molecule has 1 aliphatic rings. The molecule has 0 unspecified atom stereocenters. The van der Waals surface area contributed by atoms with E-state index in [1.165, 1.54) is 18.2 Å². The maximum atomic E-state index is 13.7. The Bertz CT molecular complexity index is 1050. The number of carbonyl (C=O) groups is 2. The molecular weight excluding hydrogens is 369 g/mol. The van der Waals surface area contributed by atoms with Crippen LogP contribution in [-0.2, 0) is 17.8 Å². The van der Waals surface area contributed by atoms with Gasteiger partial charge in [0.25, 0.3) is 5.91 Å². The van der Waals surface area contributed by atoms with E-state index >= 15 is 0 Å². The number of nitrogens with one attached hydrogen (secondary N) is 2. The molecule has 27 heavy (non-hydrogen) atoms. The lowest BCUT2D eigenvalue weighted by molar-refractivity contribution is -0.131. The number of rotatable bonds is 3. The highest BCUT2D eigenvalue weighted by Crippen LogP contribution is 2.29. The minimum atomic E-state index is -0.610. The number of nitrogens with zero attached hydrogens (tertiary/aromatic N) is 1. The quantitative estimate of drug-likeness (QED) is 0.726. The average Bonchev–Trinajstić information content (AvgIpc) is 3.03. The van der Waals surface area contributed by atoms with Crippen LogP contribution in [-0.4, -0.2) is 34.8 Å². The fourth-order valence-corrected chi connectivity index (χ4v) is 3.58. The molecule has 2 N–H and O–H groups in total. The summed E-state index contributed by atoms with van der Waals surface area (Å²) in [6.45, 7) is 0.831. The van der Waals surface area contributed by atoms with Gasteiger partial charge in [0.05, 0.1) is 12.1 Å². The number of amides is 2. The van der Waals surface area contributed by atoms with Crippen LogP contribution < -0.4 is 5.32 Å². The summed E-state index contributed by atoms with van der Waals surface area (Å²) in [5.74, 6) is -1.42. The Kier molecular flexibility index (Phi) is 4.58. The Labute approximate surface area is 160 Å². The van der Waals surface area contributed by atoms with E-state index in [0.29, 0.717) is 24.5 Å². The van der Waals surface area contributed by atoms with Gasteiger partial charge in [0.15, 0.2) is 0 Å². The molecule has 0 saturated heterocycles. The van der Waals surface area contributed by atoms with Gasteiger partial charge in [-0.2, -0.15) is 0 Å². The van der Waals surface area contributed by atoms with Gasteiger partial charge in [0.1, 0.15) is 5.82 Å². The Balaban J connectivity index is 1.45. The molecule has 1 aromatic heterocycles. The summed E-state index contributed by atoms with van der Waals surface area (Å²) in [6, 6.07) is 11.3. The lowest BCUT2D eigenvalue weighted by Gasteiger charge is -2.27. The van der Waals surface area contributed by atoms with Gasteiger partial charge in [-0.25, -0.2) is 4.39 Å². The second kappa shape index (κ2) is 7.04. The molecule has 2 amide bonds. The van der Waals surface area contributed by atoms with Gasteiger partial charge < -0.3 is 15.2 Å². The van der Waals surface area contributed by atoms with E-state index in [-0.39, 0.29) is 18.0 Å². The number of fused-ring (bicyclic) bond motifs is 3. The molecule has 4 rings (SSSR count). The largest absolute Gasteiger partial charge is 0.358 e. The number of aromatic amines is 1. The van der Waals surface area contributed by atoms with Gasteiger partial charge in [-0.1, -0.05) is 23.7 Å². The summed E-state index contributed by atoms with van der Waals surface area (Å²) in [4.78, 5) is 29.7. The standard InChI is InChI=1S/C20H17ClFN3O2/c21-12-5-6-17-14(9-12)15-11-25(8-7-18(15)24-17)19(26)10-23-20(27)13-3-1-2-4-16(13)22/h1-6,9,24H,7-8,10-11H2,(H,23,27). The third kappa shape index (κ3) is 3.40. The van der Waals surface area contributed by atoms with E-state index in [0.717, 1.165) is 22.2 Å². The maximum Gasteiger partial charge on any atom is 0.254 e. The van der Waals surface area contributed by atoms with Crippen LogP contribution in [0, 0.1) is 5.82 Å². The molecule has 3 aromatic rings. The summed E-state index contributed by atoms with van der Waals surface area (Å²) in [7, 11) is 0. The van der Waals surface area contributed by atoms with Crippen molar-refractivity contribution in [1.82, 2.24) is 15.2 Å². The van der Waals surface area contributed by atoms with Crippen molar-refractivity contribution in [2.24, 2.45) is 0 Å². The minimum Gasteiger partial charge on any atom is -0.358 e. The molecule has 0 aliphatic carbocycles. The van der Waals surface area contributed by atoms with Gasteiger partial charge in [0.2, 0.25) is 5.91 Å². The van der Waals surface area contributed by atoms with Crippen molar-refractivity contribution in [2.45, 2.75) is 13.0 Å². The summed E-state index contributed by atoms with van der Waals surface area (Å²) in [5.41, 5.74) is 3.07. The molecule has 0 spiro atoms. The van der Waals surface area contributed by atoms with E-state index in [2.05, 4.69) is 10.3 Å². The van der Waals surface area contributed by atoms with Gasteiger partial charge in [-0.15, -0.1) is 0 Å². The highest BCUT2D eigenvalue weighted by atomic mass is 35.5. The van der Waals surface area contributed by atoms with Crippen LogP contribution in [0.25, 0.3) is 10.9 Å². The van der Waals surface area contributed by atoms with Crippen molar-refractivity contribution < 1.29 is 14.0 Å². The van der Waals surface area contributed by atoms with Crippen LogP contribution in [0.1, 0.15) is 21.6 Å². The first-order valence-electron chi connectivity index (χ1n) is 8.62. The molecule has 5 nitrogen and oxygen atoms in total. The summed E-state index contributed by atoms with van der Waals surface area (Å²) < 4.78 is 13.7. The van der Waals surface area contributed by atoms with Gasteiger partial charge in [-0.05, 0) is 30.3 Å². The zero-order valence-corrected chi connectivity index (χ0v) is 15.1. The fourth-order valence-electron chi connectivity index (χ4n) is 3.41. The molecule has 0 atom stereocenters. The first kappa shape index (κ1) is 17.5. The summed E-state index contributed by atoms with van der Waals surface area (Å²) in [5, 5.41) is 4.15. The van der Waals surface area contributed by atoms with Crippen LogP contribution in [0.15, 0.2) is 42.5 Å². The van der Waals surface area contributed by atoms with E-state index in [9.17, 15) is 14.0 Å². The third-order valence-electron chi connectivity index (χ3n) is 4.81. The van der Waals surface area contributed by atoms with Crippen molar-refractivity contribution in [3.05, 3.63) is 70.1 Å². The first-order valence-corrected chi connectivity index (χ1v) is 9.00. The van der Waals surface area contributed by atoms with E-state index in [1.807, 2.05) is 18.2 Å². The molecule has 2 heterocycles. The van der Waals surface area contributed by atoms with Crippen molar-refractivity contribution in [3.8, 4) is 0 Å². The van der Waals surface area contributed by atoms with Gasteiger partial charge in [0, 0.05) is 46.7 Å². The van der Waals surface area contributed by atoms with Crippen molar-refractivity contribution >= 4 is 34.3 Å². The SMILES string of the molecule is O=C(NCC(=O)N1CCc2[nH]c3ccc(Cl)cc3c2C1)c1ccccc1F. The Morgan fingerprint density at radius 3 is 2.85 bits per heavy atom. The van der Waals surface area contributed by atoms with Crippen molar-refractivity contribution in [2.75, 3.05) is 13.1 Å². The number of aromatic nitrogens is 1. The topological polar surface area (TPSA) is 65.2 Å². The molecule has 2 aromatic carbocycles. The van der Waals surface area contributed by atoms with Gasteiger partial charge in [-0.3, -0.25) is 9.59 Å². The Morgan fingerprint density at radius 2 is 2.04 bits per heavy atom. The number of carbonyl (C=O) groups excluding carboxylic acids is 2. The van der Waals surface area contributed by atoms with Crippen LogP contribution in [0.4, 0.5) is 4.39 Å². The third-order valence-corrected chi connectivity index (χ3v) is 5.04. The number of hydrogen-bond acceptors (Lipinski definition) is 2. The summed E-state index contributed by atoms with van der Waals surface area (Å²) in [6.07, 6.45) is 0.703. The predicted molar refractivity (Wildman–Crippen MR) is 101 cm³/mol. The monoisotopic (exact) mass is 385 g/mol. The van der Waals surface area contributed by atoms with Gasteiger partial charge >= 0.3 is 0 Å². The average molecular weight is 386 g/mol. The minimum absolute atomic E-state index is 0.0718. The molecule has 1 aliphatic heterocycles. The van der Waals surface area contributed by atoms with Crippen LogP contribution in [0.3, 0.4) is 0 Å². The number of H-pyrrole nitrogens is 1. The van der Waals surface area contributed by atoms with E-state index < -0.39 is 11.7 Å². The lowest BCUT2D eigenvalue weighted by atomic mass is 10.0. The highest BCUT2D eigenvalue weighted by Gasteiger charge is 2.24. The van der Waals surface area contributed by atoms with Crippen molar-refractivity contribution in [3.63, 3.8) is 0 Å². The molecule has 0 saturated carbocycles. The molecule has 0 bridgehead atoms. The van der Waals surface area contributed by atoms with E-state index in [4.69, 9.17) is 11.6 Å². The summed E-state index contributed by atoms with van der Waals surface area (Å²) >= 11 is 6.10. The predicted octanol–water partition coefficient (Wildman–Crippen LogP) is 3.28. The second-order valence-corrected chi connectivity index (χ2v) is 6.94. The van der Waals surface area contributed by atoms with Crippen molar-refractivity contribution in [1.29, 1.82) is 0 Å². The number of benzene rings is 2. The molecule has 0 fully saturated rings. The zero-order valence-electron chi connectivity index (χ0n) is 14.4. The lowest BCUT2D eigenvalue weighted by Crippen LogP contribution is -2.42. The highest BCUT2D eigenvalue weighted by molar-refractivity contribution is 6.31. The molecule has 7 heteroatoms. The normalized spacial score (nSPS) is 13.5. The maximum absolute atomic E-state index is 13.7. The Hall–Kier alpha value is -2.86. The number of hydrogen-bond donors (Lipinski definition) is 2. The van der Waals surface area contributed by atoms with Crippen LogP contribution in [0.5, 0.6) is 0 Å². The molecular formula is C20H17ClFN3O2. The zero-order chi connectivity index (χ0) is 19.0. The number of halogens is 2. The molecule has 138 valence electrons. The van der Waals surface area contributed by atoms with E-state index in [1.54, 1.807) is 11.0 Å². The van der Waals surface area contributed by atoms with Crippen LogP contribution in [0.2, 0.25) is 5.02 Å². The second-order valence-electron chi connectivity index (χ2n) is 6.50. The smallest absolute Gasteiger partial charge is 0.254 e. The molecule has 0 radical (unpaired) electrons. The first-order chi connectivity index (χ1) is 13.0. The fraction of sp³-hybridized carbons (Fsp3) is 0.200. The Morgan fingerprint density at radius 1 is 1.22 bits per heavy atom. The van der Waals surface area contributed by atoms with Crippen LogP contribution >= 0.6 is 11.6 Å².